The molecule has 0 spiro atoms. The molecular weight excluding hydrogens is 232 g/mol. The molecule has 18 heavy (non-hydrogen) atoms. The van der Waals surface area contributed by atoms with Gasteiger partial charge >= 0.3 is 0 Å². The lowest BCUT2D eigenvalue weighted by Gasteiger charge is -1.97. The Kier molecular flexibility index (Phi) is 2.23. The molecule has 0 bridgehead atoms. The van der Waals surface area contributed by atoms with Gasteiger partial charge < -0.3 is 10.7 Å². The predicted octanol–water partition coefficient (Wildman–Crippen LogP) is 0.514. The van der Waals surface area contributed by atoms with Crippen molar-refractivity contribution < 1.29 is 4.79 Å². The highest BCUT2D eigenvalue weighted by Crippen LogP contribution is 2.15. The van der Waals surface area contributed by atoms with Gasteiger partial charge in [-0.05, 0) is 12.1 Å². The summed E-state index contributed by atoms with van der Waals surface area (Å²) in [6.07, 6.45) is 4.88. The number of H-pyrrole nitrogens is 1. The Morgan fingerprint density at radius 3 is 2.89 bits per heavy atom. The molecule has 88 valence electrons. The Morgan fingerprint density at radius 2 is 2.17 bits per heavy atom. The van der Waals surface area contributed by atoms with E-state index in [4.69, 9.17) is 5.73 Å². The second-order valence-electron chi connectivity index (χ2n) is 3.62. The second-order valence-corrected chi connectivity index (χ2v) is 3.62. The lowest BCUT2D eigenvalue weighted by Crippen LogP contribution is -2.12. The number of pyridine rings is 1. The molecule has 0 aromatic carbocycles. The van der Waals surface area contributed by atoms with Crippen LogP contribution in [0.4, 0.5) is 0 Å². The number of aromatic nitrogens is 5. The summed E-state index contributed by atoms with van der Waals surface area (Å²) < 4.78 is 0. The monoisotopic (exact) mass is 240 g/mol. The number of hydrogen-bond acceptors (Lipinski definition) is 5. The van der Waals surface area contributed by atoms with Crippen LogP contribution in [-0.2, 0) is 0 Å². The SMILES string of the molecule is NC(=O)c1nc2nc(-c3cccnc3)ncc2[nH]1. The first kappa shape index (κ1) is 10.3. The van der Waals surface area contributed by atoms with Crippen LogP contribution in [0.5, 0.6) is 0 Å². The fourth-order valence-corrected chi connectivity index (χ4v) is 1.56. The van der Waals surface area contributed by atoms with Crippen molar-refractivity contribution in [2.45, 2.75) is 0 Å². The lowest BCUT2D eigenvalue weighted by atomic mass is 10.3. The van der Waals surface area contributed by atoms with Crippen LogP contribution < -0.4 is 5.73 Å². The zero-order valence-corrected chi connectivity index (χ0v) is 9.16. The molecule has 0 aliphatic carbocycles. The van der Waals surface area contributed by atoms with Gasteiger partial charge in [0.25, 0.3) is 5.91 Å². The van der Waals surface area contributed by atoms with Crippen molar-refractivity contribution in [3.63, 3.8) is 0 Å². The standard InChI is InChI=1S/C11H8N6O/c12-8(18)11-15-7-5-14-9(16-10(7)17-11)6-2-1-3-13-4-6/h1-5H,(H2,12,18)(H,14,15,16,17). The molecule has 3 heterocycles. The number of nitrogens with one attached hydrogen (secondary N) is 1. The third-order valence-electron chi connectivity index (χ3n) is 2.39. The Bertz CT molecular complexity index is 721. The van der Waals surface area contributed by atoms with Crippen LogP contribution in [0.25, 0.3) is 22.6 Å². The van der Waals surface area contributed by atoms with E-state index in [1.165, 1.54) is 0 Å². The van der Waals surface area contributed by atoms with E-state index in [0.717, 1.165) is 5.56 Å². The fraction of sp³-hybridized carbons (Fsp3) is 0. The molecule has 0 radical (unpaired) electrons. The number of hydrogen-bond donors (Lipinski definition) is 2. The van der Waals surface area contributed by atoms with Crippen molar-refractivity contribution in [1.29, 1.82) is 0 Å². The van der Waals surface area contributed by atoms with Crippen LogP contribution in [0.3, 0.4) is 0 Å². The van der Waals surface area contributed by atoms with Crippen LogP contribution in [-0.4, -0.2) is 30.8 Å². The van der Waals surface area contributed by atoms with E-state index in [0.29, 0.717) is 17.0 Å². The van der Waals surface area contributed by atoms with Gasteiger partial charge in [-0.1, -0.05) is 0 Å². The molecule has 1 amide bonds. The van der Waals surface area contributed by atoms with Gasteiger partial charge in [0, 0.05) is 18.0 Å². The second kappa shape index (κ2) is 3.88. The van der Waals surface area contributed by atoms with Gasteiger partial charge in [-0.2, -0.15) is 0 Å². The molecule has 0 fully saturated rings. The number of nitrogens with two attached hydrogens (primary N) is 1. The van der Waals surface area contributed by atoms with E-state index >= 15 is 0 Å². The molecule has 3 aromatic heterocycles. The summed E-state index contributed by atoms with van der Waals surface area (Å²) in [6, 6.07) is 3.64. The average Bonchev–Trinajstić information content (AvgIpc) is 2.82. The van der Waals surface area contributed by atoms with E-state index < -0.39 is 5.91 Å². The minimum Gasteiger partial charge on any atom is -0.363 e. The molecule has 3 aromatic rings. The number of carbonyl (C=O) groups is 1. The van der Waals surface area contributed by atoms with Gasteiger partial charge in [0.15, 0.2) is 17.3 Å². The Labute approximate surface area is 101 Å². The van der Waals surface area contributed by atoms with Crippen molar-refractivity contribution in [3.8, 4) is 11.4 Å². The summed E-state index contributed by atoms with van der Waals surface area (Å²) in [4.78, 5) is 30.2. The van der Waals surface area contributed by atoms with Gasteiger partial charge in [0.2, 0.25) is 0 Å². The number of primary amides is 1. The molecule has 0 aliphatic heterocycles. The zero-order chi connectivity index (χ0) is 12.5. The smallest absolute Gasteiger partial charge is 0.284 e. The molecule has 0 saturated heterocycles. The van der Waals surface area contributed by atoms with Gasteiger partial charge in [-0.25, -0.2) is 15.0 Å². The minimum atomic E-state index is -0.629. The fourth-order valence-electron chi connectivity index (χ4n) is 1.56. The van der Waals surface area contributed by atoms with Crippen LogP contribution >= 0.6 is 0 Å². The largest absolute Gasteiger partial charge is 0.363 e. The first-order chi connectivity index (χ1) is 8.74. The number of aromatic amines is 1. The third kappa shape index (κ3) is 1.67. The van der Waals surface area contributed by atoms with Crippen LogP contribution in [0.2, 0.25) is 0 Å². The summed E-state index contributed by atoms with van der Waals surface area (Å²) in [5.74, 6) is -0.0586. The van der Waals surface area contributed by atoms with Gasteiger partial charge in [-0.15, -0.1) is 0 Å². The molecule has 0 saturated carbocycles. The van der Waals surface area contributed by atoms with E-state index in [2.05, 4.69) is 24.9 Å². The summed E-state index contributed by atoms with van der Waals surface area (Å²) >= 11 is 0. The van der Waals surface area contributed by atoms with E-state index in [-0.39, 0.29) is 5.82 Å². The highest BCUT2D eigenvalue weighted by molar-refractivity contribution is 5.92. The van der Waals surface area contributed by atoms with Crippen molar-refractivity contribution in [3.05, 3.63) is 36.5 Å². The third-order valence-corrected chi connectivity index (χ3v) is 2.39. The van der Waals surface area contributed by atoms with Gasteiger partial charge in [-0.3, -0.25) is 9.78 Å². The van der Waals surface area contributed by atoms with Crippen LogP contribution in [0.15, 0.2) is 30.7 Å². The molecule has 0 unspecified atom stereocenters. The number of carbonyl (C=O) groups excluding carboxylic acids is 1. The topological polar surface area (TPSA) is 110 Å². The summed E-state index contributed by atoms with van der Waals surface area (Å²) in [6.45, 7) is 0. The van der Waals surface area contributed by atoms with Gasteiger partial charge in [0.1, 0.15) is 5.52 Å². The van der Waals surface area contributed by atoms with Crippen molar-refractivity contribution in [1.82, 2.24) is 24.9 Å². The highest BCUT2D eigenvalue weighted by atomic mass is 16.1. The van der Waals surface area contributed by atoms with Gasteiger partial charge in [0.05, 0.1) is 6.20 Å². The normalized spacial score (nSPS) is 10.7. The first-order valence-electron chi connectivity index (χ1n) is 5.17. The molecule has 0 aliphatic rings. The lowest BCUT2D eigenvalue weighted by molar-refractivity contribution is 0.0991. The maximum atomic E-state index is 11.0. The van der Waals surface area contributed by atoms with Crippen molar-refractivity contribution in [2.75, 3.05) is 0 Å². The Morgan fingerprint density at radius 1 is 1.28 bits per heavy atom. The first-order valence-corrected chi connectivity index (χ1v) is 5.17. The minimum absolute atomic E-state index is 0.0719. The van der Waals surface area contributed by atoms with Crippen molar-refractivity contribution in [2.24, 2.45) is 5.73 Å². The van der Waals surface area contributed by atoms with Crippen molar-refractivity contribution >= 4 is 17.1 Å². The number of amides is 1. The highest BCUT2D eigenvalue weighted by Gasteiger charge is 2.10. The molecule has 3 rings (SSSR count). The van der Waals surface area contributed by atoms with E-state index in [1.54, 1.807) is 24.7 Å². The van der Waals surface area contributed by atoms with Crippen LogP contribution in [0, 0.1) is 0 Å². The molecule has 0 atom stereocenters. The summed E-state index contributed by atoms with van der Waals surface area (Å²) in [7, 11) is 0. The number of fused-ring (bicyclic) bond motifs is 1. The number of rotatable bonds is 2. The van der Waals surface area contributed by atoms with Crippen LogP contribution in [0.1, 0.15) is 10.6 Å². The quantitative estimate of drug-likeness (QED) is 0.678. The predicted molar refractivity (Wildman–Crippen MR) is 63.4 cm³/mol. The Hall–Kier alpha value is -2.83. The number of imidazole rings is 1. The average molecular weight is 240 g/mol. The maximum absolute atomic E-state index is 11.0. The zero-order valence-electron chi connectivity index (χ0n) is 9.16. The molecule has 3 N–H and O–H groups in total. The molecule has 7 nitrogen and oxygen atoms in total. The van der Waals surface area contributed by atoms with E-state index in [1.807, 2.05) is 6.07 Å². The maximum Gasteiger partial charge on any atom is 0.284 e. The van der Waals surface area contributed by atoms with E-state index in [9.17, 15) is 4.79 Å². The molecular formula is C11H8N6O. The number of nitrogens with zero attached hydrogens (tertiary/aromatic N) is 4. The molecule has 7 heteroatoms. The Balaban J connectivity index is 2.14. The summed E-state index contributed by atoms with van der Waals surface area (Å²) in [5.41, 5.74) is 6.88. The summed E-state index contributed by atoms with van der Waals surface area (Å²) in [5, 5.41) is 0.